The first kappa shape index (κ1) is 17.8. The van der Waals surface area contributed by atoms with E-state index in [2.05, 4.69) is 22.1 Å². The number of rotatable bonds is 7. The number of ether oxygens (including phenoxy) is 1. The lowest BCUT2D eigenvalue weighted by Gasteiger charge is -2.13. The topological polar surface area (TPSA) is 95.9 Å². The van der Waals surface area contributed by atoms with Crippen molar-refractivity contribution >= 4 is 5.91 Å². The number of carbonyl (C=O) groups is 1. The Hall–Kier alpha value is -3.06. The second-order valence-corrected chi connectivity index (χ2v) is 6.01. The van der Waals surface area contributed by atoms with Gasteiger partial charge in [0.1, 0.15) is 12.2 Å². The molecule has 0 radical (unpaired) electrons. The molecule has 1 atom stereocenters. The van der Waals surface area contributed by atoms with Gasteiger partial charge in [-0.3, -0.25) is 9.78 Å². The highest BCUT2D eigenvalue weighted by molar-refractivity contribution is 5.93. The van der Waals surface area contributed by atoms with Crippen molar-refractivity contribution in [2.45, 2.75) is 19.4 Å². The highest BCUT2D eigenvalue weighted by Crippen LogP contribution is 2.26. The molecule has 2 N–H and O–H groups in total. The van der Waals surface area contributed by atoms with E-state index in [0.29, 0.717) is 18.7 Å². The Morgan fingerprint density at radius 1 is 1.23 bits per heavy atom. The quantitative estimate of drug-likeness (QED) is 0.704. The van der Waals surface area contributed by atoms with Crippen LogP contribution < -0.4 is 5.73 Å². The van der Waals surface area contributed by atoms with Crippen LogP contribution in [-0.2, 0) is 11.3 Å². The van der Waals surface area contributed by atoms with Gasteiger partial charge in [0.2, 0.25) is 5.91 Å². The molecule has 3 rings (SSSR count). The van der Waals surface area contributed by atoms with E-state index in [1.54, 1.807) is 31.8 Å². The number of amides is 1. The van der Waals surface area contributed by atoms with Crippen LogP contribution in [0.3, 0.4) is 0 Å². The molecule has 134 valence electrons. The summed E-state index contributed by atoms with van der Waals surface area (Å²) < 4.78 is 7.11. The van der Waals surface area contributed by atoms with Gasteiger partial charge in [-0.25, -0.2) is 0 Å². The highest BCUT2D eigenvalue weighted by Gasteiger charge is 2.17. The number of aromatic nitrogens is 4. The lowest BCUT2D eigenvalue weighted by Crippen LogP contribution is -2.11. The number of pyridine rings is 1. The second-order valence-electron chi connectivity index (χ2n) is 6.01. The van der Waals surface area contributed by atoms with Crippen molar-refractivity contribution in [1.29, 1.82) is 0 Å². The molecule has 7 nitrogen and oxygen atoms in total. The van der Waals surface area contributed by atoms with E-state index in [-0.39, 0.29) is 5.92 Å². The monoisotopic (exact) mass is 351 g/mol. The van der Waals surface area contributed by atoms with Crippen molar-refractivity contribution in [1.82, 2.24) is 19.7 Å². The molecule has 2 heterocycles. The predicted molar refractivity (Wildman–Crippen MR) is 97.6 cm³/mol. The van der Waals surface area contributed by atoms with Crippen LogP contribution in [-0.4, -0.2) is 39.4 Å². The van der Waals surface area contributed by atoms with Gasteiger partial charge in [-0.15, -0.1) is 10.2 Å². The van der Waals surface area contributed by atoms with Gasteiger partial charge in [-0.05, 0) is 42.3 Å². The van der Waals surface area contributed by atoms with Crippen molar-refractivity contribution in [3.05, 3.63) is 66.0 Å². The van der Waals surface area contributed by atoms with Crippen LogP contribution in [0.1, 0.15) is 34.7 Å². The van der Waals surface area contributed by atoms with E-state index in [9.17, 15) is 4.79 Å². The minimum atomic E-state index is -0.434. The zero-order valence-electron chi connectivity index (χ0n) is 14.8. The first-order chi connectivity index (χ1) is 12.6. The average molecular weight is 351 g/mol. The molecule has 1 aromatic carbocycles. The lowest BCUT2D eigenvalue weighted by molar-refractivity contribution is 0.100. The maximum absolute atomic E-state index is 11.2. The largest absolute Gasteiger partial charge is 0.383 e. The van der Waals surface area contributed by atoms with Gasteiger partial charge in [0.05, 0.1) is 18.2 Å². The van der Waals surface area contributed by atoms with E-state index < -0.39 is 5.91 Å². The van der Waals surface area contributed by atoms with Crippen molar-refractivity contribution in [3.8, 4) is 11.1 Å². The summed E-state index contributed by atoms with van der Waals surface area (Å²) >= 11 is 0. The SMILES string of the molecule is COCCn1cnnc1C(C)c1cc(-c2ccc(C(N)=O)cc2)ccn1. The van der Waals surface area contributed by atoms with Gasteiger partial charge in [0.25, 0.3) is 0 Å². The molecule has 0 aliphatic heterocycles. The summed E-state index contributed by atoms with van der Waals surface area (Å²) in [6.07, 6.45) is 3.48. The van der Waals surface area contributed by atoms with Crippen LogP contribution in [0.4, 0.5) is 0 Å². The number of nitrogens with two attached hydrogens (primary N) is 1. The molecule has 2 aromatic heterocycles. The minimum absolute atomic E-state index is 0.0146. The smallest absolute Gasteiger partial charge is 0.248 e. The summed E-state index contributed by atoms with van der Waals surface area (Å²) in [5.74, 6) is 0.394. The third-order valence-electron chi connectivity index (χ3n) is 4.30. The number of primary amides is 1. The number of benzene rings is 1. The van der Waals surface area contributed by atoms with E-state index in [1.807, 2.05) is 28.8 Å². The van der Waals surface area contributed by atoms with Gasteiger partial charge in [0, 0.05) is 25.4 Å². The van der Waals surface area contributed by atoms with Crippen molar-refractivity contribution in [2.75, 3.05) is 13.7 Å². The summed E-state index contributed by atoms with van der Waals surface area (Å²) in [6.45, 7) is 3.34. The van der Waals surface area contributed by atoms with E-state index in [0.717, 1.165) is 22.6 Å². The van der Waals surface area contributed by atoms with Gasteiger partial charge >= 0.3 is 0 Å². The van der Waals surface area contributed by atoms with Crippen LogP contribution >= 0.6 is 0 Å². The molecule has 0 aliphatic carbocycles. The summed E-state index contributed by atoms with van der Waals surface area (Å²) in [5, 5.41) is 8.26. The van der Waals surface area contributed by atoms with E-state index in [4.69, 9.17) is 10.5 Å². The first-order valence-corrected chi connectivity index (χ1v) is 8.33. The molecule has 0 saturated carbocycles. The van der Waals surface area contributed by atoms with Crippen LogP contribution in [0.2, 0.25) is 0 Å². The fraction of sp³-hybridized carbons (Fsp3) is 0.263. The fourth-order valence-electron chi connectivity index (χ4n) is 2.79. The molecule has 1 amide bonds. The number of hydrogen-bond acceptors (Lipinski definition) is 5. The standard InChI is InChI=1S/C19H21N5O2/c1-13(19-23-22-12-24(19)9-10-26-2)17-11-16(7-8-21-17)14-3-5-15(6-4-14)18(20)25/h3-8,11-13H,9-10H2,1-2H3,(H2,20,25). The molecule has 7 heteroatoms. The number of hydrogen-bond donors (Lipinski definition) is 1. The maximum Gasteiger partial charge on any atom is 0.248 e. The van der Waals surface area contributed by atoms with Gasteiger partial charge in [-0.1, -0.05) is 12.1 Å². The first-order valence-electron chi connectivity index (χ1n) is 8.33. The zero-order chi connectivity index (χ0) is 18.5. The third-order valence-corrected chi connectivity index (χ3v) is 4.30. The van der Waals surface area contributed by atoms with Gasteiger partial charge < -0.3 is 15.0 Å². The third kappa shape index (κ3) is 3.78. The zero-order valence-corrected chi connectivity index (χ0v) is 14.8. The Bertz CT molecular complexity index is 889. The molecule has 0 spiro atoms. The highest BCUT2D eigenvalue weighted by atomic mass is 16.5. The molecular formula is C19H21N5O2. The number of methoxy groups -OCH3 is 1. The molecule has 3 aromatic rings. The Morgan fingerprint density at radius 2 is 2.00 bits per heavy atom. The number of carbonyl (C=O) groups excluding carboxylic acids is 1. The molecule has 0 aliphatic rings. The Balaban J connectivity index is 1.87. The Morgan fingerprint density at radius 3 is 2.69 bits per heavy atom. The van der Waals surface area contributed by atoms with Crippen molar-refractivity contribution < 1.29 is 9.53 Å². The normalized spacial score (nSPS) is 12.1. The second kappa shape index (κ2) is 7.88. The lowest BCUT2D eigenvalue weighted by atomic mass is 10.00. The van der Waals surface area contributed by atoms with Gasteiger partial charge in [0.15, 0.2) is 0 Å². The fourth-order valence-corrected chi connectivity index (χ4v) is 2.79. The summed E-state index contributed by atoms with van der Waals surface area (Å²) in [4.78, 5) is 15.7. The molecule has 0 fully saturated rings. The van der Waals surface area contributed by atoms with Crippen LogP contribution in [0.15, 0.2) is 48.9 Å². The predicted octanol–water partition coefficient (Wildman–Crippen LogP) is 2.24. The number of nitrogens with zero attached hydrogens (tertiary/aromatic N) is 4. The van der Waals surface area contributed by atoms with Crippen molar-refractivity contribution in [2.24, 2.45) is 5.73 Å². The molecule has 0 bridgehead atoms. The van der Waals surface area contributed by atoms with Crippen molar-refractivity contribution in [3.63, 3.8) is 0 Å². The molecular weight excluding hydrogens is 330 g/mol. The maximum atomic E-state index is 11.2. The summed E-state index contributed by atoms with van der Waals surface area (Å²) in [6, 6.07) is 11.2. The molecule has 0 saturated heterocycles. The van der Waals surface area contributed by atoms with Crippen LogP contribution in [0, 0.1) is 0 Å². The Kier molecular flexibility index (Phi) is 5.38. The summed E-state index contributed by atoms with van der Waals surface area (Å²) in [7, 11) is 1.67. The average Bonchev–Trinajstić information content (AvgIpc) is 3.14. The molecule has 1 unspecified atom stereocenters. The minimum Gasteiger partial charge on any atom is -0.383 e. The summed E-state index contributed by atoms with van der Waals surface area (Å²) in [5.41, 5.74) is 8.69. The van der Waals surface area contributed by atoms with Gasteiger partial charge in [-0.2, -0.15) is 0 Å². The Labute approximate surface area is 151 Å². The van der Waals surface area contributed by atoms with Crippen LogP contribution in [0.25, 0.3) is 11.1 Å². The van der Waals surface area contributed by atoms with Crippen LogP contribution in [0.5, 0.6) is 0 Å². The van der Waals surface area contributed by atoms with E-state index >= 15 is 0 Å². The molecule has 26 heavy (non-hydrogen) atoms. The van der Waals surface area contributed by atoms with E-state index in [1.165, 1.54) is 0 Å².